The van der Waals surface area contributed by atoms with Crippen molar-refractivity contribution in [1.82, 2.24) is 4.98 Å². The number of nitrogens with one attached hydrogen (secondary N) is 1. The molecule has 146 valence electrons. The van der Waals surface area contributed by atoms with Gasteiger partial charge >= 0.3 is 0 Å². The van der Waals surface area contributed by atoms with E-state index in [1.165, 1.54) is 11.3 Å². The third kappa shape index (κ3) is 3.16. The Kier molecular flexibility index (Phi) is 4.63. The second kappa shape index (κ2) is 6.86. The van der Waals surface area contributed by atoms with Crippen molar-refractivity contribution in [2.24, 2.45) is 0 Å². The predicted molar refractivity (Wildman–Crippen MR) is 110 cm³/mol. The van der Waals surface area contributed by atoms with E-state index in [4.69, 9.17) is 4.74 Å². The zero-order chi connectivity index (χ0) is 19.9. The number of hydrogen-bond donors (Lipinski definition) is 1. The summed E-state index contributed by atoms with van der Waals surface area (Å²) in [5.74, 6) is 0.217. The quantitative estimate of drug-likeness (QED) is 0.658. The number of ether oxygens (including phenoxy) is 1. The SMILES string of the molecule is CCOc1ccc2nc(NC(=O)C3(S(=O)(=O)c4ccc(C)cc4)CC3)sc2c1. The normalized spacial score (nSPS) is 15.4. The summed E-state index contributed by atoms with van der Waals surface area (Å²) in [7, 11) is -3.76. The summed E-state index contributed by atoms with van der Waals surface area (Å²) in [6.45, 7) is 4.36. The van der Waals surface area contributed by atoms with Crippen molar-refractivity contribution in [2.45, 2.75) is 36.3 Å². The number of hydrogen-bond acceptors (Lipinski definition) is 6. The highest BCUT2D eigenvalue weighted by molar-refractivity contribution is 7.94. The Morgan fingerprint density at radius 2 is 1.93 bits per heavy atom. The molecule has 4 rings (SSSR count). The number of anilines is 1. The number of sulfone groups is 1. The van der Waals surface area contributed by atoms with Crippen molar-refractivity contribution >= 4 is 42.4 Å². The van der Waals surface area contributed by atoms with Crippen molar-refractivity contribution in [3.8, 4) is 5.75 Å². The Hall–Kier alpha value is -2.45. The van der Waals surface area contributed by atoms with Gasteiger partial charge in [0.25, 0.3) is 0 Å². The molecule has 0 saturated heterocycles. The minimum absolute atomic E-state index is 0.177. The second-order valence-corrected chi connectivity index (χ2v) is 10.1. The summed E-state index contributed by atoms with van der Waals surface area (Å²) in [5, 5.41) is 3.11. The molecule has 1 aliphatic rings. The van der Waals surface area contributed by atoms with E-state index < -0.39 is 20.5 Å². The maximum absolute atomic E-state index is 13.1. The fraction of sp³-hybridized carbons (Fsp3) is 0.300. The summed E-state index contributed by atoms with van der Waals surface area (Å²) < 4.78 is 31.1. The van der Waals surface area contributed by atoms with Crippen LogP contribution < -0.4 is 10.1 Å². The minimum atomic E-state index is -3.76. The molecule has 1 amide bonds. The molecule has 1 aliphatic carbocycles. The van der Waals surface area contributed by atoms with Crippen LogP contribution in [0.4, 0.5) is 5.13 Å². The number of carbonyl (C=O) groups is 1. The number of amides is 1. The van der Waals surface area contributed by atoms with Gasteiger partial charge in [-0.2, -0.15) is 0 Å². The average molecular weight is 417 g/mol. The first-order valence-electron chi connectivity index (χ1n) is 9.02. The van der Waals surface area contributed by atoms with Crippen molar-refractivity contribution < 1.29 is 17.9 Å². The smallest absolute Gasteiger partial charge is 0.248 e. The van der Waals surface area contributed by atoms with Gasteiger partial charge in [-0.05, 0) is 57.0 Å². The van der Waals surface area contributed by atoms with E-state index in [0.717, 1.165) is 21.5 Å². The van der Waals surface area contributed by atoms with Crippen LogP contribution in [0.5, 0.6) is 5.75 Å². The van der Waals surface area contributed by atoms with Gasteiger partial charge in [0.15, 0.2) is 19.7 Å². The summed E-state index contributed by atoms with van der Waals surface area (Å²) in [4.78, 5) is 17.5. The van der Waals surface area contributed by atoms with Gasteiger partial charge in [0.1, 0.15) is 5.75 Å². The number of benzene rings is 2. The maximum atomic E-state index is 13.1. The van der Waals surface area contributed by atoms with Crippen LogP contribution >= 0.6 is 11.3 Å². The van der Waals surface area contributed by atoms with E-state index in [1.54, 1.807) is 24.3 Å². The van der Waals surface area contributed by atoms with E-state index in [-0.39, 0.29) is 4.90 Å². The molecule has 0 aliphatic heterocycles. The summed E-state index contributed by atoms with van der Waals surface area (Å²) in [5.41, 5.74) is 1.70. The molecule has 0 radical (unpaired) electrons. The molecular formula is C20H20N2O4S2. The monoisotopic (exact) mass is 416 g/mol. The molecule has 1 heterocycles. The van der Waals surface area contributed by atoms with Crippen LogP contribution in [-0.2, 0) is 14.6 Å². The van der Waals surface area contributed by atoms with E-state index >= 15 is 0 Å². The largest absolute Gasteiger partial charge is 0.494 e. The molecule has 3 aromatic rings. The van der Waals surface area contributed by atoms with E-state index in [2.05, 4.69) is 10.3 Å². The maximum Gasteiger partial charge on any atom is 0.248 e. The lowest BCUT2D eigenvalue weighted by atomic mass is 10.2. The van der Waals surface area contributed by atoms with Gasteiger partial charge in [0.05, 0.1) is 21.7 Å². The van der Waals surface area contributed by atoms with Crippen LogP contribution in [-0.4, -0.2) is 30.7 Å². The van der Waals surface area contributed by atoms with Crippen LogP contribution in [0.15, 0.2) is 47.4 Å². The zero-order valence-electron chi connectivity index (χ0n) is 15.6. The summed E-state index contributed by atoms with van der Waals surface area (Å²) in [6.07, 6.45) is 0.628. The molecule has 28 heavy (non-hydrogen) atoms. The highest BCUT2D eigenvalue weighted by Gasteiger charge is 2.61. The van der Waals surface area contributed by atoms with E-state index in [1.807, 2.05) is 32.0 Å². The second-order valence-electron chi connectivity index (χ2n) is 6.85. The number of aryl methyl sites for hydroxylation is 1. The molecule has 1 saturated carbocycles. The van der Waals surface area contributed by atoms with Crippen molar-refractivity contribution in [3.05, 3.63) is 48.0 Å². The van der Waals surface area contributed by atoms with E-state index in [9.17, 15) is 13.2 Å². The molecule has 0 bridgehead atoms. The van der Waals surface area contributed by atoms with Gasteiger partial charge in [-0.1, -0.05) is 29.0 Å². The molecule has 1 N–H and O–H groups in total. The molecular weight excluding hydrogens is 396 g/mol. The van der Waals surface area contributed by atoms with Gasteiger partial charge in [-0.25, -0.2) is 13.4 Å². The summed E-state index contributed by atoms with van der Waals surface area (Å²) >= 11 is 1.30. The Labute approximate surface area is 167 Å². The van der Waals surface area contributed by atoms with Crippen LogP contribution in [0.1, 0.15) is 25.3 Å². The number of nitrogens with zero attached hydrogens (tertiary/aromatic N) is 1. The molecule has 0 spiro atoms. The summed E-state index contributed by atoms with van der Waals surface area (Å²) in [6, 6.07) is 12.1. The van der Waals surface area contributed by atoms with Gasteiger partial charge in [0, 0.05) is 0 Å². The van der Waals surface area contributed by atoms with Gasteiger partial charge < -0.3 is 10.1 Å². The number of fused-ring (bicyclic) bond motifs is 1. The van der Waals surface area contributed by atoms with Crippen molar-refractivity contribution in [3.63, 3.8) is 0 Å². The number of aromatic nitrogens is 1. The first kappa shape index (κ1) is 18.9. The Morgan fingerprint density at radius 1 is 1.21 bits per heavy atom. The van der Waals surface area contributed by atoms with Gasteiger partial charge in [0.2, 0.25) is 5.91 Å². The molecule has 6 nitrogen and oxygen atoms in total. The lowest BCUT2D eigenvalue weighted by Gasteiger charge is -2.15. The van der Waals surface area contributed by atoms with Crippen LogP contribution in [0.3, 0.4) is 0 Å². The molecule has 0 unspecified atom stereocenters. The highest BCUT2D eigenvalue weighted by atomic mass is 32.2. The molecule has 2 aromatic carbocycles. The standard InChI is InChI=1S/C20H20N2O4S2/c1-3-26-14-6-9-16-17(12-14)27-19(21-16)22-18(23)20(10-11-20)28(24,25)15-7-4-13(2)5-8-15/h4-9,12H,3,10-11H2,1-2H3,(H,21,22,23). The Morgan fingerprint density at radius 3 is 2.57 bits per heavy atom. The van der Waals surface area contributed by atoms with Crippen molar-refractivity contribution in [2.75, 3.05) is 11.9 Å². The fourth-order valence-corrected chi connectivity index (χ4v) is 5.87. The zero-order valence-corrected chi connectivity index (χ0v) is 17.2. The molecule has 8 heteroatoms. The third-order valence-corrected chi connectivity index (χ3v) is 8.30. The number of rotatable bonds is 6. The topological polar surface area (TPSA) is 85.4 Å². The lowest BCUT2D eigenvalue weighted by Crippen LogP contribution is -2.37. The predicted octanol–water partition coefficient (Wildman–Crippen LogP) is 3.95. The van der Waals surface area contributed by atoms with Crippen molar-refractivity contribution in [1.29, 1.82) is 0 Å². The minimum Gasteiger partial charge on any atom is -0.494 e. The van der Waals surface area contributed by atoms with Gasteiger partial charge in [-0.3, -0.25) is 4.79 Å². The Bertz CT molecular complexity index is 1150. The molecule has 1 fully saturated rings. The third-order valence-electron chi connectivity index (χ3n) is 4.85. The first-order valence-corrected chi connectivity index (χ1v) is 11.3. The van der Waals surface area contributed by atoms with Gasteiger partial charge in [-0.15, -0.1) is 0 Å². The average Bonchev–Trinajstić information content (AvgIpc) is 3.39. The van der Waals surface area contributed by atoms with Crippen LogP contribution in [0.25, 0.3) is 10.2 Å². The fourth-order valence-electron chi connectivity index (χ4n) is 3.10. The number of thiazole rings is 1. The Balaban J connectivity index is 1.59. The highest BCUT2D eigenvalue weighted by Crippen LogP contribution is 2.48. The molecule has 0 atom stereocenters. The molecule has 1 aromatic heterocycles. The van der Waals surface area contributed by atoms with Crippen LogP contribution in [0.2, 0.25) is 0 Å². The van der Waals surface area contributed by atoms with E-state index in [0.29, 0.717) is 24.6 Å². The lowest BCUT2D eigenvalue weighted by molar-refractivity contribution is -0.116. The van der Waals surface area contributed by atoms with Crippen LogP contribution in [0, 0.1) is 6.92 Å². The first-order chi connectivity index (χ1) is 13.4. The number of carbonyl (C=O) groups excluding carboxylic acids is 1.